The maximum atomic E-state index is 13.3. The van der Waals surface area contributed by atoms with Gasteiger partial charge in [0.2, 0.25) is 11.8 Å². The maximum Gasteiger partial charge on any atom is 0.250 e. The molecule has 3 aliphatic rings. The van der Waals surface area contributed by atoms with Gasteiger partial charge in [0.15, 0.2) is 0 Å². The number of amides is 2. The van der Waals surface area contributed by atoms with Gasteiger partial charge in [0.05, 0.1) is 5.92 Å². The summed E-state index contributed by atoms with van der Waals surface area (Å²) in [5.74, 6) is -0.394. The zero-order chi connectivity index (χ0) is 20.0. The van der Waals surface area contributed by atoms with Crippen molar-refractivity contribution in [1.29, 1.82) is 0 Å². The molecular weight excluding hydrogens is 362 g/mol. The molecule has 0 unspecified atom stereocenters. The molecule has 1 spiro atoms. The number of fused-ring (bicyclic) bond motifs is 4. The van der Waals surface area contributed by atoms with Gasteiger partial charge in [0, 0.05) is 23.8 Å². The first-order valence-corrected chi connectivity index (χ1v) is 10.6. The number of benzene rings is 2. The Labute approximate surface area is 171 Å². The van der Waals surface area contributed by atoms with E-state index >= 15 is 0 Å². The molecule has 3 heterocycles. The zero-order valence-corrected chi connectivity index (χ0v) is 16.8. The SMILES string of the molecule is Cc1cccc(CCNC(=O)[C@@H]2C[C@H]3CCCN3[C@]23C(=O)Nc2ccccc23)c1. The largest absolute Gasteiger partial charge is 0.355 e. The Morgan fingerprint density at radius 1 is 1.24 bits per heavy atom. The van der Waals surface area contributed by atoms with E-state index in [-0.39, 0.29) is 17.7 Å². The Hall–Kier alpha value is -2.66. The van der Waals surface area contributed by atoms with Crippen LogP contribution in [-0.2, 0) is 21.5 Å². The van der Waals surface area contributed by atoms with E-state index in [4.69, 9.17) is 0 Å². The van der Waals surface area contributed by atoms with Crippen LogP contribution in [0.15, 0.2) is 48.5 Å². The Bertz CT molecular complexity index is 972. The van der Waals surface area contributed by atoms with Crippen LogP contribution in [0.5, 0.6) is 0 Å². The van der Waals surface area contributed by atoms with Crippen LogP contribution in [-0.4, -0.2) is 35.8 Å². The topological polar surface area (TPSA) is 61.4 Å². The molecule has 3 aliphatic heterocycles. The number of hydrogen-bond donors (Lipinski definition) is 2. The van der Waals surface area contributed by atoms with Crippen molar-refractivity contribution in [3.63, 3.8) is 0 Å². The molecule has 2 saturated heterocycles. The van der Waals surface area contributed by atoms with E-state index in [1.807, 2.05) is 30.3 Å². The smallest absolute Gasteiger partial charge is 0.250 e. The second kappa shape index (κ2) is 6.99. The third-order valence-corrected chi connectivity index (χ3v) is 6.89. The third-order valence-electron chi connectivity index (χ3n) is 6.89. The second-order valence-electron chi connectivity index (χ2n) is 8.57. The molecule has 2 aromatic rings. The number of para-hydroxylation sites is 1. The fraction of sp³-hybridized carbons (Fsp3) is 0.417. The lowest BCUT2D eigenvalue weighted by Crippen LogP contribution is -2.54. The Balaban J connectivity index is 1.40. The molecule has 5 nitrogen and oxygen atoms in total. The number of carbonyl (C=O) groups excluding carboxylic acids is 2. The van der Waals surface area contributed by atoms with Crippen molar-refractivity contribution in [3.05, 3.63) is 65.2 Å². The second-order valence-corrected chi connectivity index (χ2v) is 8.57. The highest BCUT2D eigenvalue weighted by Crippen LogP contribution is 2.55. The summed E-state index contributed by atoms with van der Waals surface area (Å²) in [6, 6.07) is 16.5. The summed E-state index contributed by atoms with van der Waals surface area (Å²) in [7, 11) is 0. The molecule has 2 aromatic carbocycles. The van der Waals surface area contributed by atoms with Crippen molar-refractivity contribution in [2.75, 3.05) is 18.4 Å². The van der Waals surface area contributed by atoms with Crippen LogP contribution in [0.2, 0.25) is 0 Å². The molecule has 0 aromatic heterocycles. The number of aryl methyl sites for hydroxylation is 1. The third kappa shape index (κ3) is 2.79. The monoisotopic (exact) mass is 389 g/mol. The van der Waals surface area contributed by atoms with Gasteiger partial charge in [-0.25, -0.2) is 0 Å². The predicted molar refractivity (Wildman–Crippen MR) is 112 cm³/mol. The number of rotatable bonds is 4. The van der Waals surface area contributed by atoms with Crippen LogP contribution in [0.25, 0.3) is 0 Å². The summed E-state index contributed by atoms with van der Waals surface area (Å²) in [6.07, 6.45) is 3.69. The minimum Gasteiger partial charge on any atom is -0.355 e. The Morgan fingerprint density at radius 3 is 2.97 bits per heavy atom. The minimum absolute atomic E-state index is 0.00101. The number of carbonyl (C=O) groups is 2. The quantitative estimate of drug-likeness (QED) is 0.845. The van der Waals surface area contributed by atoms with E-state index in [1.165, 1.54) is 11.1 Å². The van der Waals surface area contributed by atoms with Gasteiger partial charge < -0.3 is 10.6 Å². The first-order valence-electron chi connectivity index (χ1n) is 10.6. The molecule has 0 radical (unpaired) electrons. The minimum atomic E-state index is -0.856. The maximum absolute atomic E-state index is 13.3. The molecule has 29 heavy (non-hydrogen) atoms. The van der Waals surface area contributed by atoms with Gasteiger partial charge in [-0.1, -0.05) is 48.0 Å². The molecule has 5 rings (SSSR count). The van der Waals surface area contributed by atoms with Gasteiger partial charge in [0.25, 0.3) is 0 Å². The van der Waals surface area contributed by atoms with E-state index in [1.54, 1.807) is 0 Å². The molecule has 2 N–H and O–H groups in total. The van der Waals surface area contributed by atoms with Crippen LogP contribution in [0.1, 0.15) is 36.0 Å². The summed E-state index contributed by atoms with van der Waals surface area (Å²) in [6.45, 7) is 3.54. The van der Waals surface area contributed by atoms with E-state index in [9.17, 15) is 9.59 Å². The summed E-state index contributed by atoms with van der Waals surface area (Å²) in [5.41, 5.74) is 3.40. The first-order chi connectivity index (χ1) is 14.1. The normalized spacial score (nSPS) is 27.7. The van der Waals surface area contributed by atoms with Crippen molar-refractivity contribution in [2.24, 2.45) is 5.92 Å². The number of anilines is 1. The number of hydrogen-bond acceptors (Lipinski definition) is 3. The fourth-order valence-corrected chi connectivity index (χ4v) is 5.70. The van der Waals surface area contributed by atoms with Crippen LogP contribution >= 0.6 is 0 Å². The Morgan fingerprint density at radius 2 is 2.10 bits per heavy atom. The van der Waals surface area contributed by atoms with Crippen LogP contribution in [0.4, 0.5) is 5.69 Å². The van der Waals surface area contributed by atoms with E-state index in [2.05, 4.69) is 40.7 Å². The lowest BCUT2D eigenvalue weighted by Gasteiger charge is -2.36. The lowest BCUT2D eigenvalue weighted by molar-refractivity contribution is -0.137. The predicted octanol–water partition coefficient (Wildman–Crippen LogP) is 2.99. The lowest BCUT2D eigenvalue weighted by atomic mass is 9.78. The zero-order valence-electron chi connectivity index (χ0n) is 16.8. The summed E-state index contributed by atoms with van der Waals surface area (Å²) in [4.78, 5) is 28.9. The van der Waals surface area contributed by atoms with Gasteiger partial charge in [0.1, 0.15) is 5.54 Å². The summed E-state index contributed by atoms with van der Waals surface area (Å²) in [5, 5.41) is 6.19. The molecule has 5 heteroatoms. The van der Waals surface area contributed by atoms with Crippen molar-refractivity contribution < 1.29 is 9.59 Å². The number of nitrogens with zero attached hydrogens (tertiary/aromatic N) is 1. The molecule has 0 saturated carbocycles. The van der Waals surface area contributed by atoms with Crippen molar-refractivity contribution in [3.8, 4) is 0 Å². The van der Waals surface area contributed by atoms with Gasteiger partial charge >= 0.3 is 0 Å². The van der Waals surface area contributed by atoms with Gasteiger partial charge in [-0.15, -0.1) is 0 Å². The molecule has 3 atom stereocenters. The van der Waals surface area contributed by atoms with Gasteiger partial charge in [-0.3, -0.25) is 14.5 Å². The van der Waals surface area contributed by atoms with Crippen LogP contribution in [0.3, 0.4) is 0 Å². The first kappa shape index (κ1) is 18.4. The fourth-order valence-electron chi connectivity index (χ4n) is 5.70. The van der Waals surface area contributed by atoms with E-state index in [0.29, 0.717) is 12.6 Å². The van der Waals surface area contributed by atoms with Gasteiger partial charge in [-0.2, -0.15) is 0 Å². The highest BCUT2D eigenvalue weighted by atomic mass is 16.2. The van der Waals surface area contributed by atoms with Gasteiger partial charge in [-0.05, 0) is 50.8 Å². The van der Waals surface area contributed by atoms with Crippen molar-refractivity contribution >= 4 is 17.5 Å². The average Bonchev–Trinajstić information content (AvgIpc) is 3.36. The molecule has 0 bridgehead atoms. The van der Waals surface area contributed by atoms with E-state index in [0.717, 1.165) is 43.5 Å². The molecule has 150 valence electrons. The number of nitrogens with one attached hydrogen (secondary N) is 2. The molecule has 2 amide bonds. The summed E-state index contributed by atoms with van der Waals surface area (Å²) >= 11 is 0. The highest BCUT2D eigenvalue weighted by Gasteiger charge is 2.65. The molecule has 2 fully saturated rings. The standard InChI is InChI=1S/C24H27N3O2/c1-16-6-4-7-17(14-16)11-12-25-22(28)20-15-18-8-5-13-27(18)24(20)19-9-2-3-10-21(19)26-23(24)29/h2-4,6-7,9-10,14,18,20H,5,8,11-13,15H2,1H3,(H,25,28)(H,26,29)/t18-,20+,24+/m1/s1. The Kier molecular flexibility index (Phi) is 4.43. The van der Waals surface area contributed by atoms with Crippen molar-refractivity contribution in [2.45, 2.75) is 44.2 Å². The summed E-state index contributed by atoms with van der Waals surface area (Å²) < 4.78 is 0. The van der Waals surface area contributed by atoms with Crippen LogP contribution in [0, 0.1) is 12.8 Å². The highest BCUT2D eigenvalue weighted by molar-refractivity contribution is 6.09. The average molecular weight is 389 g/mol. The molecular formula is C24H27N3O2. The van der Waals surface area contributed by atoms with Crippen LogP contribution < -0.4 is 10.6 Å². The molecule has 0 aliphatic carbocycles. The van der Waals surface area contributed by atoms with E-state index < -0.39 is 5.54 Å². The van der Waals surface area contributed by atoms with Crippen molar-refractivity contribution in [1.82, 2.24) is 10.2 Å².